The summed E-state index contributed by atoms with van der Waals surface area (Å²) in [6.07, 6.45) is 5.03. The molecule has 1 aliphatic rings. The summed E-state index contributed by atoms with van der Waals surface area (Å²) in [5, 5.41) is 12.8. The monoisotopic (exact) mass is 406 g/mol. The van der Waals surface area contributed by atoms with Crippen molar-refractivity contribution in [3.63, 3.8) is 0 Å². The van der Waals surface area contributed by atoms with E-state index in [2.05, 4.69) is 20.3 Å². The molecule has 8 nitrogen and oxygen atoms in total. The number of aromatic amines is 1. The van der Waals surface area contributed by atoms with Crippen molar-refractivity contribution >= 4 is 16.7 Å². The van der Waals surface area contributed by atoms with Gasteiger partial charge in [-0.2, -0.15) is 10.2 Å². The number of halogens is 1. The van der Waals surface area contributed by atoms with Gasteiger partial charge in [0.05, 0.1) is 35.3 Å². The first kappa shape index (κ1) is 18.7. The molecule has 0 saturated carbocycles. The fourth-order valence-corrected chi connectivity index (χ4v) is 3.83. The van der Waals surface area contributed by atoms with E-state index < -0.39 is 12.2 Å². The third-order valence-electron chi connectivity index (χ3n) is 5.57. The minimum Gasteiger partial charge on any atom is -0.355 e. The minimum atomic E-state index is -0.956. The van der Waals surface area contributed by atoms with Crippen LogP contribution in [0.25, 0.3) is 33.5 Å². The molecule has 0 bridgehead atoms. The molecule has 4 aromatic rings. The lowest BCUT2D eigenvalue weighted by atomic mass is 10.0. The number of aromatic nitrogens is 6. The highest BCUT2D eigenvalue weighted by Gasteiger charge is 2.27. The van der Waals surface area contributed by atoms with Crippen LogP contribution in [-0.4, -0.2) is 55.2 Å². The Morgan fingerprint density at radius 3 is 2.97 bits per heavy atom. The van der Waals surface area contributed by atoms with Crippen molar-refractivity contribution in [3.05, 3.63) is 42.9 Å². The lowest BCUT2D eigenvalue weighted by Crippen LogP contribution is -2.50. The molecular weight excluding hydrogens is 383 g/mol. The van der Waals surface area contributed by atoms with Gasteiger partial charge in [0.25, 0.3) is 0 Å². The molecule has 0 unspecified atom stereocenters. The maximum absolute atomic E-state index is 13.7. The highest BCUT2D eigenvalue weighted by Crippen LogP contribution is 2.29. The fraction of sp³-hybridized carbons (Fsp3) is 0.333. The molecule has 154 valence electrons. The van der Waals surface area contributed by atoms with Gasteiger partial charge in [-0.3, -0.25) is 14.8 Å². The van der Waals surface area contributed by atoms with Gasteiger partial charge in [0.1, 0.15) is 17.7 Å². The molecule has 9 heteroatoms. The van der Waals surface area contributed by atoms with E-state index >= 15 is 0 Å². The zero-order valence-electron chi connectivity index (χ0n) is 16.7. The van der Waals surface area contributed by atoms with Crippen molar-refractivity contribution in [1.29, 1.82) is 0 Å². The van der Waals surface area contributed by atoms with Crippen LogP contribution < -0.4 is 10.6 Å². The van der Waals surface area contributed by atoms with E-state index in [1.807, 2.05) is 53.2 Å². The summed E-state index contributed by atoms with van der Waals surface area (Å²) < 4.78 is 15.6. The number of H-pyrrole nitrogens is 1. The number of fused-ring (bicyclic) bond motifs is 1. The second kappa shape index (κ2) is 7.49. The van der Waals surface area contributed by atoms with E-state index in [9.17, 15) is 4.39 Å². The number of nitrogens with two attached hydrogens (primary N) is 1. The van der Waals surface area contributed by atoms with Crippen LogP contribution in [0.3, 0.4) is 0 Å². The predicted molar refractivity (Wildman–Crippen MR) is 114 cm³/mol. The first-order valence-electron chi connectivity index (χ1n) is 10.1. The van der Waals surface area contributed by atoms with Crippen molar-refractivity contribution in [3.8, 4) is 22.6 Å². The smallest absolute Gasteiger partial charge is 0.129 e. The summed E-state index contributed by atoms with van der Waals surface area (Å²) in [5.41, 5.74) is 10.0. The largest absolute Gasteiger partial charge is 0.355 e. The number of nitrogens with one attached hydrogen (secondary N) is 1. The minimum absolute atomic E-state index is 0.416. The van der Waals surface area contributed by atoms with Gasteiger partial charge in [-0.25, -0.2) is 9.37 Å². The molecular formula is C21H23FN8. The third-order valence-corrected chi connectivity index (χ3v) is 5.57. The topological polar surface area (TPSA) is 102 Å². The van der Waals surface area contributed by atoms with Crippen LogP contribution in [0.1, 0.15) is 13.3 Å². The lowest BCUT2D eigenvalue weighted by Gasteiger charge is -2.34. The standard InChI is InChI=1S/C21H23FN8/c1-2-30-11-13(9-25-30)18-8-14-19(10-24-18)27-28-21(14)17-4-3-5-20(26-17)29-7-6-15(22)16(23)12-29/h3-5,8-11,15-16H,2,6-7,12,23H2,1H3,(H,27,28)/t15-,16+/m0/s1. The molecule has 1 fully saturated rings. The molecule has 1 saturated heterocycles. The van der Waals surface area contributed by atoms with Crippen LogP contribution in [0.15, 0.2) is 42.9 Å². The van der Waals surface area contributed by atoms with Crippen molar-refractivity contribution in [2.24, 2.45) is 5.73 Å². The number of pyridine rings is 2. The van der Waals surface area contributed by atoms with E-state index in [-0.39, 0.29) is 0 Å². The third kappa shape index (κ3) is 3.30. The van der Waals surface area contributed by atoms with Gasteiger partial charge in [0.2, 0.25) is 0 Å². The molecule has 0 aromatic carbocycles. The number of aryl methyl sites for hydroxylation is 1. The van der Waals surface area contributed by atoms with Crippen LogP contribution >= 0.6 is 0 Å². The van der Waals surface area contributed by atoms with E-state index in [0.717, 1.165) is 45.9 Å². The van der Waals surface area contributed by atoms with Gasteiger partial charge < -0.3 is 10.6 Å². The summed E-state index contributed by atoms with van der Waals surface area (Å²) in [5.74, 6) is 0.782. The molecule has 4 aromatic heterocycles. The van der Waals surface area contributed by atoms with E-state index in [1.54, 1.807) is 6.20 Å². The van der Waals surface area contributed by atoms with E-state index in [4.69, 9.17) is 10.7 Å². The van der Waals surface area contributed by atoms with Gasteiger partial charge in [-0.05, 0) is 31.5 Å². The van der Waals surface area contributed by atoms with E-state index in [1.165, 1.54) is 0 Å². The first-order valence-corrected chi connectivity index (χ1v) is 10.1. The second-order valence-electron chi connectivity index (χ2n) is 7.57. The maximum atomic E-state index is 13.7. The lowest BCUT2D eigenvalue weighted by molar-refractivity contribution is 0.244. The highest BCUT2D eigenvalue weighted by molar-refractivity contribution is 5.93. The number of nitrogens with zero attached hydrogens (tertiary/aromatic N) is 6. The molecule has 2 atom stereocenters. The van der Waals surface area contributed by atoms with Gasteiger partial charge >= 0.3 is 0 Å². The van der Waals surface area contributed by atoms with Crippen LogP contribution in [0, 0.1) is 0 Å². The molecule has 3 N–H and O–H groups in total. The normalized spacial score (nSPS) is 19.5. The summed E-state index contributed by atoms with van der Waals surface area (Å²) in [4.78, 5) is 11.4. The quantitative estimate of drug-likeness (QED) is 0.540. The molecule has 0 amide bonds. The van der Waals surface area contributed by atoms with Crippen molar-refractivity contribution < 1.29 is 4.39 Å². The SMILES string of the molecule is CCn1cc(-c2cc3c(-c4cccc(N5CC[C@H](F)[C@H](N)C5)n4)n[nH]c3cn2)cn1. The Morgan fingerprint density at radius 1 is 1.27 bits per heavy atom. The molecule has 0 aliphatic carbocycles. The van der Waals surface area contributed by atoms with Crippen molar-refractivity contribution in [2.45, 2.75) is 32.1 Å². The number of alkyl halides is 1. The summed E-state index contributed by atoms with van der Waals surface area (Å²) >= 11 is 0. The molecule has 0 radical (unpaired) electrons. The van der Waals surface area contributed by atoms with Crippen molar-refractivity contribution in [1.82, 2.24) is 29.9 Å². The van der Waals surface area contributed by atoms with Gasteiger partial charge in [0, 0.05) is 36.8 Å². The summed E-state index contributed by atoms with van der Waals surface area (Å²) in [7, 11) is 0. The van der Waals surface area contributed by atoms with Gasteiger partial charge in [0.15, 0.2) is 0 Å². The molecule has 30 heavy (non-hydrogen) atoms. The van der Waals surface area contributed by atoms with Crippen LogP contribution in [-0.2, 0) is 6.54 Å². The number of hydrogen-bond donors (Lipinski definition) is 2. The molecule has 5 heterocycles. The fourth-order valence-electron chi connectivity index (χ4n) is 3.83. The molecule has 5 rings (SSSR count). The highest BCUT2D eigenvalue weighted by atomic mass is 19.1. The predicted octanol–water partition coefficient (Wildman–Crippen LogP) is 2.78. The Balaban J connectivity index is 1.51. The second-order valence-corrected chi connectivity index (χ2v) is 7.57. The number of anilines is 1. The average molecular weight is 406 g/mol. The first-order chi connectivity index (χ1) is 14.6. The van der Waals surface area contributed by atoms with Crippen LogP contribution in [0.5, 0.6) is 0 Å². The number of rotatable bonds is 4. The Labute approximate surface area is 172 Å². The summed E-state index contributed by atoms with van der Waals surface area (Å²) in [6, 6.07) is 7.31. The number of piperidine rings is 1. The van der Waals surface area contributed by atoms with Crippen LogP contribution in [0.2, 0.25) is 0 Å². The van der Waals surface area contributed by atoms with Gasteiger partial charge in [-0.15, -0.1) is 0 Å². The van der Waals surface area contributed by atoms with E-state index in [0.29, 0.717) is 19.5 Å². The van der Waals surface area contributed by atoms with Crippen LogP contribution in [0.4, 0.5) is 10.2 Å². The average Bonchev–Trinajstić information content (AvgIpc) is 3.42. The Bertz CT molecular complexity index is 1180. The molecule has 0 spiro atoms. The van der Waals surface area contributed by atoms with Crippen molar-refractivity contribution in [2.75, 3.05) is 18.0 Å². The molecule has 1 aliphatic heterocycles. The Kier molecular flexibility index (Phi) is 4.66. The zero-order valence-corrected chi connectivity index (χ0v) is 16.7. The van der Waals surface area contributed by atoms with Gasteiger partial charge in [-0.1, -0.05) is 6.07 Å². The zero-order chi connectivity index (χ0) is 20.7. The Morgan fingerprint density at radius 2 is 2.17 bits per heavy atom. The Hall–Kier alpha value is -3.33. The summed E-state index contributed by atoms with van der Waals surface area (Å²) in [6.45, 7) is 3.90. The number of hydrogen-bond acceptors (Lipinski definition) is 6. The maximum Gasteiger partial charge on any atom is 0.129 e.